The van der Waals surface area contributed by atoms with Gasteiger partial charge in [0.25, 0.3) is 0 Å². The third-order valence-electron chi connectivity index (χ3n) is 3.16. The van der Waals surface area contributed by atoms with Crippen molar-refractivity contribution in [2.24, 2.45) is 5.73 Å². The SMILES string of the molecule is CCNC(CCN(CC)C(C)CN(C)C)C(N)=O. The molecular weight excluding hydrogens is 228 g/mol. The quantitative estimate of drug-likeness (QED) is 0.584. The molecule has 0 aromatic rings. The number of nitrogens with two attached hydrogens (primary N) is 1. The Morgan fingerprint density at radius 3 is 2.33 bits per heavy atom. The van der Waals surface area contributed by atoms with E-state index in [-0.39, 0.29) is 11.9 Å². The summed E-state index contributed by atoms with van der Waals surface area (Å²) in [7, 11) is 4.16. The fourth-order valence-electron chi connectivity index (χ4n) is 2.22. The van der Waals surface area contributed by atoms with Gasteiger partial charge in [-0.15, -0.1) is 0 Å². The number of carbonyl (C=O) groups excluding carboxylic acids is 1. The van der Waals surface area contributed by atoms with E-state index in [4.69, 9.17) is 5.73 Å². The number of hydrogen-bond acceptors (Lipinski definition) is 4. The molecule has 0 aliphatic carbocycles. The Bertz CT molecular complexity index is 233. The van der Waals surface area contributed by atoms with Gasteiger partial charge in [0.15, 0.2) is 0 Å². The lowest BCUT2D eigenvalue weighted by molar-refractivity contribution is -0.120. The highest BCUT2D eigenvalue weighted by Gasteiger charge is 2.18. The Balaban J connectivity index is 4.22. The molecular formula is C13H30N4O. The van der Waals surface area contributed by atoms with Crippen molar-refractivity contribution in [3.05, 3.63) is 0 Å². The molecule has 0 aliphatic heterocycles. The Hall–Kier alpha value is -0.650. The average Bonchev–Trinajstić information content (AvgIpc) is 2.27. The van der Waals surface area contributed by atoms with Crippen molar-refractivity contribution in [2.45, 2.75) is 39.3 Å². The molecule has 0 rings (SSSR count). The number of primary amides is 1. The molecule has 0 aromatic heterocycles. The molecule has 3 N–H and O–H groups in total. The molecule has 2 atom stereocenters. The van der Waals surface area contributed by atoms with Gasteiger partial charge in [-0.1, -0.05) is 13.8 Å². The van der Waals surface area contributed by atoms with Gasteiger partial charge in [-0.3, -0.25) is 9.69 Å². The van der Waals surface area contributed by atoms with Crippen LogP contribution >= 0.6 is 0 Å². The van der Waals surface area contributed by atoms with Crippen molar-refractivity contribution in [1.82, 2.24) is 15.1 Å². The van der Waals surface area contributed by atoms with Crippen LogP contribution in [0.5, 0.6) is 0 Å². The van der Waals surface area contributed by atoms with Crippen LogP contribution in [-0.4, -0.2) is 68.1 Å². The first-order chi connectivity index (χ1) is 8.42. The van der Waals surface area contributed by atoms with E-state index in [2.05, 4.69) is 43.1 Å². The zero-order valence-corrected chi connectivity index (χ0v) is 12.6. The minimum Gasteiger partial charge on any atom is -0.368 e. The number of amides is 1. The van der Waals surface area contributed by atoms with E-state index < -0.39 is 0 Å². The molecule has 5 heteroatoms. The maximum Gasteiger partial charge on any atom is 0.234 e. The van der Waals surface area contributed by atoms with Gasteiger partial charge in [0.2, 0.25) is 5.91 Å². The van der Waals surface area contributed by atoms with Crippen molar-refractivity contribution in [3.8, 4) is 0 Å². The van der Waals surface area contributed by atoms with Crippen molar-refractivity contribution in [1.29, 1.82) is 0 Å². The van der Waals surface area contributed by atoms with E-state index in [1.807, 2.05) is 6.92 Å². The summed E-state index contributed by atoms with van der Waals surface area (Å²) in [5, 5.41) is 3.13. The molecule has 108 valence electrons. The van der Waals surface area contributed by atoms with Gasteiger partial charge in [-0.2, -0.15) is 0 Å². The highest BCUT2D eigenvalue weighted by molar-refractivity contribution is 5.79. The zero-order chi connectivity index (χ0) is 14.1. The third kappa shape index (κ3) is 6.93. The Morgan fingerprint density at radius 2 is 1.94 bits per heavy atom. The van der Waals surface area contributed by atoms with E-state index in [1.165, 1.54) is 0 Å². The van der Waals surface area contributed by atoms with Gasteiger partial charge in [0, 0.05) is 19.1 Å². The topological polar surface area (TPSA) is 61.6 Å². The van der Waals surface area contributed by atoms with Crippen molar-refractivity contribution in [3.63, 3.8) is 0 Å². The summed E-state index contributed by atoms with van der Waals surface area (Å²) in [6, 6.07) is 0.274. The average molecular weight is 258 g/mol. The summed E-state index contributed by atoms with van der Waals surface area (Å²) in [4.78, 5) is 15.8. The lowest BCUT2D eigenvalue weighted by atomic mass is 10.1. The van der Waals surface area contributed by atoms with Crippen molar-refractivity contribution < 1.29 is 4.79 Å². The van der Waals surface area contributed by atoms with Crippen LogP contribution in [-0.2, 0) is 4.79 Å². The van der Waals surface area contributed by atoms with Crippen LogP contribution in [0.2, 0.25) is 0 Å². The van der Waals surface area contributed by atoms with Crippen molar-refractivity contribution in [2.75, 3.05) is 40.3 Å². The van der Waals surface area contributed by atoms with Crippen LogP contribution < -0.4 is 11.1 Å². The minimum absolute atomic E-state index is 0.212. The summed E-state index contributed by atoms with van der Waals surface area (Å²) in [6.45, 7) is 10.0. The van der Waals surface area contributed by atoms with Gasteiger partial charge in [0.05, 0.1) is 6.04 Å². The molecule has 2 unspecified atom stereocenters. The van der Waals surface area contributed by atoms with Crippen LogP contribution in [0.25, 0.3) is 0 Å². The van der Waals surface area contributed by atoms with E-state index in [0.717, 1.165) is 32.6 Å². The van der Waals surface area contributed by atoms with E-state index >= 15 is 0 Å². The van der Waals surface area contributed by atoms with Crippen LogP contribution in [0, 0.1) is 0 Å². The maximum atomic E-state index is 11.3. The van der Waals surface area contributed by atoms with Gasteiger partial charge in [-0.25, -0.2) is 0 Å². The van der Waals surface area contributed by atoms with E-state index in [0.29, 0.717) is 6.04 Å². The standard InChI is InChI=1S/C13H30N4O/c1-6-15-12(13(14)18)8-9-17(7-2)11(3)10-16(4)5/h11-12,15H,6-10H2,1-5H3,(H2,14,18). The molecule has 18 heavy (non-hydrogen) atoms. The molecule has 0 heterocycles. The minimum atomic E-state index is -0.256. The summed E-state index contributed by atoms with van der Waals surface area (Å²) in [5.41, 5.74) is 5.38. The molecule has 0 fully saturated rings. The fraction of sp³-hybridized carbons (Fsp3) is 0.923. The second-order valence-corrected chi connectivity index (χ2v) is 5.04. The number of carbonyl (C=O) groups is 1. The number of nitrogens with zero attached hydrogens (tertiary/aromatic N) is 2. The van der Waals surface area contributed by atoms with Crippen LogP contribution in [0.15, 0.2) is 0 Å². The molecule has 0 radical (unpaired) electrons. The molecule has 0 bridgehead atoms. The Kier molecular flexibility index (Phi) is 8.97. The van der Waals surface area contributed by atoms with Crippen LogP contribution in [0.1, 0.15) is 27.2 Å². The first kappa shape index (κ1) is 17.4. The second kappa shape index (κ2) is 9.30. The van der Waals surface area contributed by atoms with E-state index in [1.54, 1.807) is 0 Å². The second-order valence-electron chi connectivity index (χ2n) is 5.04. The monoisotopic (exact) mass is 258 g/mol. The van der Waals surface area contributed by atoms with Crippen LogP contribution in [0.3, 0.4) is 0 Å². The van der Waals surface area contributed by atoms with Crippen LogP contribution in [0.4, 0.5) is 0 Å². The number of rotatable bonds is 10. The highest BCUT2D eigenvalue weighted by Crippen LogP contribution is 2.03. The molecule has 0 aliphatic rings. The summed E-state index contributed by atoms with van der Waals surface area (Å²) < 4.78 is 0. The summed E-state index contributed by atoms with van der Waals surface area (Å²) in [5.74, 6) is -0.256. The van der Waals surface area contributed by atoms with Gasteiger partial charge < -0.3 is 16.0 Å². The van der Waals surface area contributed by atoms with Gasteiger partial charge in [-0.05, 0) is 40.5 Å². The smallest absolute Gasteiger partial charge is 0.234 e. The summed E-state index contributed by atoms with van der Waals surface area (Å²) in [6.07, 6.45) is 0.773. The van der Waals surface area contributed by atoms with Gasteiger partial charge >= 0.3 is 0 Å². The number of nitrogens with one attached hydrogen (secondary N) is 1. The highest BCUT2D eigenvalue weighted by atomic mass is 16.1. The lowest BCUT2D eigenvalue weighted by Crippen LogP contribution is -2.46. The Labute approximate surface area is 112 Å². The number of likely N-dealkylation sites (N-methyl/N-ethyl adjacent to an activating group) is 3. The largest absolute Gasteiger partial charge is 0.368 e. The predicted molar refractivity (Wildman–Crippen MR) is 76.5 cm³/mol. The Morgan fingerprint density at radius 1 is 1.33 bits per heavy atom. The number of hydrogen-bond donors (Lipinski definition) is 2. The molecule has 0 aromatic carbocycles. The predicted octanol–water partition coefficient (Wildman–Crippen LogP) is 0.112. The summed E-state index contributed by atoms with van der Waals surface area (Å²) >= 11 is 0. The normalized spacial score (nSPS) is 15.1. The lowest BCUT2D eigenvalue weighted by Gasteiger charge is -2.31. The van der Waals surface area contributed by atoms with E-state index in [9.17, 15) is 4.79 Å². The van der Waals surface area contributed by atoms with Gasteiger partial charge in [0.1, 0.15) is 0 Å². The third-order valence-corrected chi connectivity index (χ3v) is 3.16. The molecule has 0 saturated carbocycles. The maximum absolute atomic E-state index is 11.3. The first-order valence-corrected chi connectivity index (χ1v) is 6.83. The molecule has 0 saturated heterocycles. The van der Waals surface area contributed by atoms with Crippen molar-refractivity contribution >= 4 is 5.91 Å². The first-order valence-electron chi connectivity index (χ1n) is 6.83. The zero-order valence-electron chi connectivity index (χ0n) is 12.6. The molecule has 1 amide bonds. The molecule has 5 nitrogen and oxygen atoms in total. The fourth-order valence-corrected chi connectivity index (χ4v) is 2.22. The molecule has 0 spiro atoms.